The molecule has 2 amide bonds. The van der Waals surface area contributed by atoms with Gasteiger partial charge in [0.1, 0.15) is 5.75 Å². The molecule has 0 bridgehead atoms. The van der Waals surface area contributed by atoms with Gasteiger partial charge in [-0.15, -0.1) is 0 Å². The van der Waals surface area contributed by atoms with Gasteiger partial charge in [-0.1, -0.05) is 18.2 Å². The fourth-order valence-corrected chi connectivity index (χ4v) is 2.82. The van der Waals surface area contributed by atoms with Crippen LogP contribution < -0.4 is 15.4 Å². The molecule has 0 saturated heterocycles. The van der Waals surface area contributed by atoms with Crippen molar-refractivity contribution in [2.45, 2.75) is 20.3 Å². The van der Waals surface area contributed by atoms with Crippen molar-refractivity contribution in [3.8, 4) is 5.75 Å². The second-order valence-electron chi connectivity index (χ2n) is 6.41. The molecule has 3 rings (SSSR count). The zero-order valence-electron chi connectivity index (χ0n) is 14.6. The number of carbonyl (C=O) groups is 2. The normalized spacial score (nSPS) is 18.4. The van der Waals surface area contributed by atoms with Crippen molar-refractivity contribution >= 4 is 23.2 Å². The highest BCUT2D eigenvalue weighted by Crippen LogP contribution is 2.40. The van der Waals surface area contributed by atoms with Crippen LogP contribution in [0.25, 0.3) is 0 Å². The number of amides is 2. The van der Waals surface area contributed by atoms with E-state index in [4.69, 9.17) is 4.74 Å². The van der Waals surface area contributed by atoms with Gasteiger partial charge in [0.15, 0.2) is 0 Å². The predicted octanol–water partition coefficient (Wildman–Crippen LogP) is 3.53. The van der Waals surface area contributed by atoms with Gasteiger partial charge in [-0.25, -0.2) is 0 Å². The molecule has 0 heterocycles. The summed E-state index contributed by atoms with van der Waals surface area (Å²) in [7, 11) is 1.58. The van der Waals surface area contributed by atoms with Gasteiger partial charge in [0.25, 0.3) is 0 Å². The first-order chi connectivity index (χ1) is 12.0. The monoisotopic (exact) mass is 338 g/mol. The first kappa shape index (κ1) is 17.0. The smallest absolute Gasteiger partial charge is 0.228 e. The van der Waals surface area contributed by atoms with E-state index in [0.29, 0.717) is 17.9 Å². The average molecular weight is 338 g/mol. The fourth-order valence-electron chi connectivity index (χ4n) is 2.82. The third kappa shape index (κ3) is 3.82. The van der Waals surface area contributed by atoms with E-state index in [1.807, 2.05) is 44.2 Å². The summed E-state index contributed by atoms with van der Waals surface area (Å²) in [5, 5.41) is 5.79. The standard InChI is InChI=1S/C20H22N2O3/c1-12-6-4-9-18(13(12)2)22-20(24)17-11-16(17)19(23)21-14-7-5-8-15(10-14)25-3/h4-10,16-17H,11H2,1-3H3,(H,21,23)(H,22,24). The highest BCUT2D eigenvalue weighted by atomic mass is 16.5. The number of anilines is 2. The Kier molecular flexibility index (Phi) is 4.74. The van der Waals surface area contributed by atoms with Gasteiger partial charge in [0.05, 0.1) is 18.9 Å². The second-order valence-corrected chi connectivity index (χ2v) is 6.41. The van der Waals surface area contributed by atoms with Crippen LogP contribution in [0.1, 0.15) is 17.5 Å². The van der Waals surface area contributed by atoms with E-state index in [1.165, 1.54) is 0 Å². The molecular formula is C20H22N2O3. The quantitative estimate of drug-likeness (QED) is 0.876. The third-order valence-corrected chi connectivity index (χ3v) is 4.66. The minimum Gasteiger partial charge on any atom is -0.497 e. The van der Waals surface area contributed by atoms with Crippen LogP contribution in [0, 0.1) is 25.7 Å². The van der Waals surface area contributed by atoms with E-state index in [1.54, 1.807) is 19.2 Å². The summed E-state index contributed by atoms with van der Waals surface area (Å²) in [6, 6.07) is 13.0. The van der Waals surface area contributed by atoms with Crippen LogP contribution >= 0.6 is 0 Å². The third-order valence-electron chi connectivity index (χ3n) is 4.66. The molecule has 1 saturated carbocycles. The molecule has 2 unspecified atom stereocenters. The lowest BCUT2D eigenvalue weighted by molar-refractivity contribution is -0.122. The Hall–Kier alpha value is -2.82. The Balaban J connectivity index is 1.59. The zero-order valence-corrected chi connectivity index (χ0v) is 14.6. The number of hydrogen-bond donors (Lipinski definition) is 2. The van der Waals surface area contributed by atoms with Crippen molar-refractivity contribution in [1.82, 2.24) is 0 Å². The summed E-state index contributed by atoms with van der Waals surface area (Å²) >= 11 is 0. The molecule has 1 aliphatic rings. The molecule has 2 aromatic carbocycles. The van der Waals surface area contributed by atoms with E-state index >= 15 is 0 Å². The largest absolute Gasteiger partial charge is 0.497 e. The van der Waals surface area contributed by atoms with Crippen molar-refractivity contribution in [3.63, 3.8) is 0 Å². The van der Waals surface area contributed by atoms with Crippen molar-refractivity contribution in [2.24, 2.45) is 11.8 Å². The molecule has 1 fully saturated rings. The molecule has 130 valence electrons. The number of nitrogens with one attached hydrogen (secondary N) is 2. The first-order valence-electron chi connectivity index (χ1n) is 8.31. The van der Waals surface area contributed by atoms with E-state index in [-0.39, 0.29) is 23.7 Å². The minimum atomic E-state index is -0.281. The fraction of sp³-hybridized carbons (Fsp3) is 0.300. The molecular weight excluding hydrogens is 316 g/mol. The molecule has 0 spiro atoms. The van der Waals surface area contributed by atoms with Crippen LogP contribution in [0.4, 0.5) is 11.4 Å². The lowest BCUT2D eigenvalue weighted by atomic mass is 10.1. The van der Waals surface area contributed by atoms with Gasteiger partial charge in [-0.05, 0) is 49.6 Å². The Morgan fingerprint density at radius 1 is 1.00 bits per heavy atom. The molecule has 25 heavy (non-hydrogen) atoms. The van der Waals surface area contributed by atoms with Gasteiger partial charge < -0.3 is 15.4 Å². The number of rotatable bonds is 5. The number of benzene rings is 2. The highest BCUT2D eigenvalue weighted by Gasteiger charge is 2.48. The van der Waals surface area contributed by atoms with Gasteiger partial charge in [-0.2, -0.15) is 0 Å². The van der Waals surface area contributed by atoms with Crippen LogP contribution in [-0.4, -0.2) is 18.9 Å². The zero-order chi connectivity index (χ0) is 18.0. The van der Waals surface area contributed by atoms with Crippen LogP contribution in [0.5, 0.6) is 5.75 Å². The number of hydrogen-bond acceptors (Lipinski definition) is 3. The molecule has 2 aromatic rings. The van der Waals surface area contributed by atoms with E-state index < -0.39 is 0 Å². The van der Waals surface area contributed by atoms with Crippen LogP contribution in [0.3, 0.4) is 0 Å². The van der Waals surface area contributed by atoms with Gasteiger partial charge in [0.2, 0.25) is 11.8 Å². The molecule has 2 N–H and O–H groups in total. The minimum absolute atomic E-state index is 0.0977. The van der Waals surface area contributed by atoms with Crippen LogP contribution in [0.15, 0.2) is 42.5 Å². The summed E-state index contributed by atoms with van der Waals surface area (Å²) in [4.78, 5) is 24.7. The number of methoxy groups -OCH3 is 1. The van der Waals surface area contributed by atoms with Gasteiger partial charge in [0, 0.05) is 17.4 Å². The number of ether oxygens (including phenoxy) is 1. The van der Waals surface area contributed by atoms with Crippen molar-refractivity contribution in [3.05, 3.63) is 53.6 Å². The van der Waals surface area contributed by atoms with E-state index in [9.17, 15) is 9.59 Å². The van der Waals surface area contributed by atoms with Gasteiger partial charge in [-0.3, -0.25) is 9.59 Å². The predicted molar refractivity (Wildman–Crippen MR) is 97.8 cm³/mol. The Morgan fingerprint density at radius 3 is 2.40 bits per heavy atom. The molecule has 0 aromatic heterocycles. The molecule has 2 atom stereocenters. The van der Waals surface area contributed by atoms with Crippen molar-refractivity contribution in [1.29, 1.82) is 0 Å². The molecule has 1 aliphatic carbocycles. The first-order valence-corrected chi connectivity index (χ1v) is 8.31. The summed E-state index contributed by atoms with van der Waals surface area (Å²) in [6.07, 6.45) is 0.576. The maximum absolute atomic E-state index is 12.4. The van der Waals surface area contributed by atoms with E-state index in [2.05, 4.69) is 10.6 Å². The Bertz CT molecular complexity index is 816. The highest BCUT2D eigenvalue weighted by molar-refractivity contribution is 6.03. The summed E-state index contributed by atoms with van der Waals surface area (Å²) in [6.45, 7) is 3.98. The van der Waals surface area contributed by atoms with Crippen LogP contribution in [-0.2, 0) is 9.59 Å². The van der Waals surface area contributed by atoms with Crippen LogP contribution in [0.2, 0.25) is 0 Å². The Morgan fingerprint density at radius 2 is 1.68 bits per heavy atom. The lowest BCUT2D eigenvalue weighted by Gasteiger charge is -2.10. The topological polar surface area (TPSA) is 67.4 Å². The second kappa shape index (κ2) is 6.97. The van der Waals surface area contributed by atoms with Gasteiger partial charge >= 0.3 is 0 Å². The molecule has 0 aliphatic heterocycles. The maximum atomic E-state index is 12.4. The summed E-state index contributed by atoms with van der Waals surface area (Å²) in [5.74, 6) is -0.103. The lowest BCUT2D eigenvalue weighted by Crippen LogP contribution is -2.21. The maximum Gasteiger partial charge on any atom is 0.228 e. The van der Waals surface area contributed by atoms with Crippen molar-refractivity contribution in [2.75, 3.05) is 17.7 Å². The summed E-state index contributed by atoms with van der Waals surface area (Å²) < 4.78 is 5.14. The molecule has 5 nitrogen and oxygen atoms in total. The molecule has 5 heteroatoms. The van der Waals surface area contributed by atoms with Crippen molar-refractivity contribution < 1.29 is 14.3 Å². The summed E-state index contributed by atoms with van der Waals surface area (Å²) in [5.41, 5.74) is 3.66. The molecule has 0 radical (unpaired) electrons. The number of carbonyl (C=O) groups excluding carboxylic acids is 2. The van der Waals surface area contributed by atoms with E-state index in [0.717, 1.165) is 16.8 Å². The SMILES string of the molecule is COc1cccc(NC(=O)C2CC2C(=O)Nc2cccc(C)c2C)c1. The average Bonchev–Trinajstić information content (AvgIpc) is 3.40. The Labute approximate surface area is 147 Å². The number of aryl methyl sites for hydroxylation is 1.